The number of nitrogens with zero attached hydrogens (tertiary/aromatic N) is 2. The minimum absolute atomic E-state index is 0.204. The Morgan fingerprint density at radius 3 is 2.87 bits per heavy atom. The van der Waals surface area contributed by atoms with Gasteiger partial charge in [0, 0.05) is 23.8 Å². The molecule has 4 heteroatoms. The molecule has 0 aromatic carbocycles. The lowest BCUT2D eigenvalue weighted by atomic mass is 10.2. The lowest BCUT2D eigenvalue weighted by molar-refractivity contribution is 0.0699. The van der Waals surface area contributed by atoms with Crippen LogP contribution in [0.2, 0.25) is 0 Å². The number of carbonyl (C=O) groups is 1. The van der Waals surface area contributed by atoms with Crippen LogP contribution in [0.5, 0.6) is 0 Å². The highest BCUT2D eigenvalue weighted by molar-refractivity contribution is 6.02. The molecule has 0 aliphatic rings. The second-order valence-electron chi connectivity index (χ2n) is 3.72. The van der Waals surface area contributed by atoms with Crippen LogP contribution in [0.15, 0.2) is 24.5 Å². The molecule has 0 fully saturated rings. The van der Waals surface area contributed by atoms with Gasteiger partial charge in [0.25, 0.3) is 0 Å². The van der Waals surface area contributed by atoms with Crippen molar-refractivity contribution in [2.45, 2.75) is 19.9 Å². The second kappa shape index (κ2) is 3.38. The molecule has 1 N–H and O–H groups in total. The molecule has 0 aliphatic heterocycles. The Hall–Kier alpha value is -1.84. The van der Waals surface area contributed by atoms with Gasteiger partial charge in [-0.3, -0.25) is 0 Å². The summed E-state index contributed by atoms with van der Waals surface area (Å²) in [5, 5.41) is 9.73. The van der Waals surface area contributed by atoms with Gasteiger partial charge in [-0.25, -0.2) is 9.78 Å². The van der Waals surface area contributed by atoms with E-state index >= 15 is 0 Å². The number of pyridine rings is 1. The lowest BCUT2D eigenvalue weighted by Gasteiger charge is -2.07. The standard InChI is InChI=1S/C11H12N2O2/c1-7(2)13-6-9(11(14)15)8-4-3-5-12-10(8)13/h3-7H,1-2H3,(H,14,15). The third kappa shape index (κ3) is 1.48. The topological polar surface area (TPSA) is 55.1 Å². The Bertz CT molecular complexity index is 514. The Balaban J connectivity index is 2.79. The molecular formula is C11H12N2O2. The summed E-state index contributed by atoms with van der Waals surface area (Å²) in [7, 11) is 0. The molecule has 2 aromatic rings. The summed E-state index contributed by atoms with van der Waals surface area (Å²) in [5.41, 5.74) is 1.04. The zero-order chi connectivity index (χ0) is 11.0. The summed E-state index contributed by atoms with van der Waals surface area (Å²) in [4.78, 5) is 15.2. The summed E-state index contributed by atoms with van der Waals surface area (Å²) in [6.45, 7) is 4.00. The highest BCUT2D eigenvalue weighted by atomic mass is 16.4. The number of hydrogen-bond donors (Lipinski definition) is 1. The number of aromatic nitrogens is 2. The molecule has 15 heavy (non-hydrogen) atoms. The van der Waals surface area contributed by atoms with Gasteiger partial charge in [0.05, 0.1) is 5.56 Å². The van der Waals surface area contributed by atoms with Gasteiger partial charge in [-0.05, 0) is 26.0 Å². The number of rotatable bonds is 2. The monoisotopic (exact) mass is 204 g/mol. The van der Waals surface area contributed by atoms with Crippen LogP contribution in [0.3, 0.4) is 0 Å². The van der Waals surface area contributed by atoms with E-state index in [-0.39, 0.29) is 6.04 Å². The van der Waals surface area contributed by atoms with Crippen LogP contribution in [0.4, 0.5) is 0 Å². The highest BCUT2D eigenvalue weighted by Gasteiger charge is 2.15. The molecule has 0 amide bonds. The summed E-state index contributed by atoms with van der Waals surface area (Å²) in [6, 6.07) is 3.74. The fourth-order valence-corrected chi connectivity index (χ4v) is 1.65. The van der Waals surface area contributed by atoms with Crippen LogP contribution in [0, 0.1) is 0 Å². The normalized spacial score (nSPS) is 11.1. The van der Waals surface area contributed by atoms with E-state index in [9.17, 15) is 4.79 Å². The predicted molar refractivity (Wildman–Crippen MR) is 57.1 cm³/mol. The van der Waals surface area contributed by atoms with E-state index in [1.807, 2.05) is 18.4 Å². The van der Waals surface area contributed by atoms with Crippen LogP contribution in [-0.4, -0.2) is 20.6 Å². The molecule has 0 atom stereocenters. The number of hydrogen-bond acceptors (Lipinski definition) is 2. The van der Waals surface area contributed by atoms with Crippen molar-refractivity contribution in [3.63, 3.8) is 0 Å². The minimum Gasteiger partial charge on any atom is -0.478 e. The fourth-order valence-electron chi connectivity index (χ4n) is 1.65. The summed E-state index contributed by atoms with van der Waals surface area (Å²) < 4.78 is 1.87. The third-order valence-electron chi connectivity index (χ3n) is 2.38. The van der Waals surface area contributed by atoms with E-state index in [1.54, 1.807) is 24.5 Å². The van der Waals surface area contributed by atoms with Crippen LogP contribution in [0.25, 0.3) is 11.0 Å². The maximum absolute atomic E-state index is 11.0. The van der Waals surface area contributed by atoms with E-state index in [0.717, 1.165) is 5.65 Å². The number of aromatic carboxylic acids is 1. The first-order valence-electron chi connectivity index (χ1n) is 4.80. The molecule has 4 nitrogen and oxygen atoms in total. The highest BCUT2D eigenvalue weighted by Crippen LogP contribution is 2.22. The zero-order valence-electron chi connectivity index (χ0n) is 8.64. The SMILES string of the molecule is CC(C)n1cc(C(=O)O)c2cccnc21. The molecule has 2 rings (SSSR count). The molecule has 0 bridgehead atoms. The van der Waals surface area contributed by atoms with Gasteiger partial charge in [-0.15, -0.1) is 0 Å². The number of carboxylic acids is 1. The van der Waals surface area contributed by atoms with Crippen molar-refractivity contribution in [2.75, 3.05) is 0 Å². The van der Waals surface area contributed by atoms with Crippen LogP contribution < -0.4 is 0 Å². The van der Waals surface area contributed by atoms with Gasteiger partial charge in [0.2, 0.25) is 0 Å². The maximum Gasteiger partial charge on any atom is 0.337 e. The van der Waals surface area contributed by atoms with Crippen molar-refractivity contribution in [2.24, 2.45) is 0 Å². The molecule has 0 radical (unpaired) electrons. The van der Waals surface area contributed by atoms with Crippen LogP contribution in [-0.2, 0) is 0 Å². The summed E-state index contributed by atoms with van der Waals surface area (Å²) in [6.07, 6.45) is 3.32. The van der Waals surface area contributed by atoms with Gasteiger partial charge >= 0.3 is 5.97 Å². The molecule has 0 saturated carbocycles. The van der Waals surface area contributed by atoms with E-state index in [4.69, 9.17) is 5.11 Å². The summed E-state index contributed by atoms with van der Waals surface area (Å²) >= 11 is 0. The van der Waals surface area contributed by atoms with E-state index in [0.29, 0.717) is 10.9 Å². The first-order chi connectivity index (χ1) is 7.11. The third-order valence-corrected chi connectivity index (χ3v) is 2.38. The second-order valence-corrected chi connectivity index (χ2v) is 3.72. The number of fused-ring (bicyclic) bond motifs is 1. The van der Waals surface area contributed by atoms with Gasteiger partial charge in [0.1, 0.15) is 5.65 Å². The molecular weight excluding hydrogens is 192 g/mol. The molecule has 2 aromatic heterocycles. The predicted octanol–water partition coefficient (Wildman–Crippen LogP) is 2.32. The quantitative estimate of drug-likeness (QED) is 0.816. The fraction of sp³-hybridized carbons (Fsp3) is 0.273. The van der Waals surface area contributed by atoms with E-state index in [1.165, 1.54) is 0 Å². The van der Waals surface area contributed by atoms with Crippen molar-refractivity contribution in [3.05, 3.63) is 30.1 Å². The number of carboxylic acid groups (broad SMARTS) is 1. The minimum atomic E-state index is -0.910. The summed E-state index contributed by atoms with van der Waals surface area (Å²) in [5.74, 6) is -0.910. The van der Waals surface area contributed by atoms with Crippen molar-refractivity contribution in [1.82, 2.24) is 9.55 Å². The smallest absolute Gasteiger partial charge is 0.337 e. The van der Waals surface area contributed by atoms with Crippen molar-refractivity contribution >= 4 is 17.0 Å². The maximum atomic E-state index is 11.0. The lowest BCUT2D eigenvalue weighted by Crippen LogP contribution is -1.99. The molecule has 78 valence electrons. The van der Waals surface area contributed by atoms with E-state index < -0.39 is 5.97 Å². The molecule has 0 unspecified atom stereocenters. The Morgan fingerprint density at radius 2 is 2.27 bits per heavy atom. The van der Waals surface area contributed by atoms with Gasteiger partial charge in [-0.2, -0.15) is 0 Å². The molecule has 0 saturated heterocycles. The van der Waals surface area contributed by atoms with Crippen LogP contribution in [0.1, 0.15) is 30.2 Å². The Morgan fingerprint density at radius 1 is 1.53 bits per heavy atom. The Kier molecular flexibility index (Phi) is 2.19. The first kappa shape index (κ1) is 9.71. The largest absolute Gasteiger partial charge is 0.478 e. The van der Waals surface area contributed by atoms with Gasteiger partial charge in [0.15, 0.2) is 0 Å². The van der Waals surface area contributed by atoms with Crippen molar-refractivity contribution in [3.8, 4) is 0 Å². The Labute approximate surface area is 87.2 Å². The van der Waals surface area contributed by atoms with Gasteiger partial charge in [-0.1, -0.05) is 0 Å². The average Bonchev–Trinajstić information content (AvgIpc) is 2.56. The van der Waals surface area contributed by atoms with E-state index in [2.05, 4.69) is 4.98 Å². The molecule has 0 aliphatic carbocycles. The van der Waals surface area contributed by atoms with Gasteiger partial charge < -0.3 is 9.67 Å². The van der Waals surface area contributed by atoms with Crippen LogP contribution >= 0.6 is 0 Å². The average molecular weight is 204 g/mol. The van der Waals surface area contributed by atoms with Crippen molar-refractivity contribution in [1.29, 1.82) is 0 Å². The zero-order valence-corrected chi connectivity index (χ0v) is 8.64. The first-order valence-corrected chi connectivity index (χ1v) is 4.80. The molecule has 2 heterocycles. The molecule has 0 spiro atoms. The van der Waals surface area contributed by atoms with Crippen molar-refractivity contribution < 1.29 is 9.90 Å².